The summed E-state index contributed by atoms with van der Waals surface area (Å²) in [6, 6.07) is 4.65. The molecule has 0 saturated carbocycles. The van der Waals surface area contributed by atoms with Gasteiger partial charge in [0.2, 0.25) is 0 Å². The minimum atomic E-state index is -0.901. The van der Waals surface area contributed by atoms with E-state index in [9.17, 15) is 4.79 Å². The highest BCUT2D eigenvalue weighted by molar-refractivity contribution is 7.10. The smallest absolute Gasteiger partial charge is 0.328 e. The summed E-state index contributed by atoms with van der Waals surface area (Å²) < 4.78 is 0. The molecular weight excluding hydrogens is 302 g/mol. The van der Waals surface area contributed by atoms with Crippen LogP contribution in [0.1, 0.15) is 33.8 Å². The first kappa shape index (κ1) is 14.5. The highest BCUT2D eigenvalue weighted by Crippen LogP contribution is 2.34. The van der Waals surface area contributed by atoms with Gasteiger partial charge in [0, 0.05) is 35.0 Å². The maximum absolute atomic E-state index is 10.7. The standard InChI is InChI=1S/C16H17NO2S2/c1-11-13-6-9-20-14(13)4-7-17(11)10-15-12(5-8-21-15)2-3-16(18)19/h2-3,5-6,8-9,11H,4,7,10H2,1H3,(H,18,19). The molecular formula is C16H17NO2S2. The SMILES string of the molecule is CC1c2ccsc2CCN1Cc1sccc1C=CC(=O)O. The monoisotopic (exact) mass is 319 g/mol. The molecule has 21 heavy (non-hydrogen) atoms. The molecule has 1 unspecified atom stereocenters. The van der Waals surface area contributed by atoms with Gasteiger partial charge in [-0.15, -0.1) is 22.7 Å². The molecule has 1 atom stereocenters. The van der Waals surface area contributed by atoms with Gasteiger partial charge in [-0.05, 0) is 53.4 Å². The molecule has 1 N–H and O–H groups in total. The molecule has 3 nitrogen and oxygen atoms in total. The lowest BCUT2D eigenvalue weighted by atomic mass is 10.0. The van der Waals surface area contributed by atoms with E-state index in [-0.39, 0.29) is 0 Å². The fraction of sp³-hybridized carbons (Fsp3) is 0.312. The van der Waals surface area contributed by atoms with Gasteiger partial charge in [0.1, 0.15) is 0 Å². The van der Waals surface area contributed by atoms with Crippen LogP contribution in [0.2, 0.25) is 0 Å². The van der Waals surface area contributed by atoms with Gasteiger partial charge in [0.25, 0.3) is 0 Å². The van der Waals surface area contributed by atoms with Crippen molar-refractivity contribution in [2.45, 2.75) is 25.9 Å². The van der Waals surface area contributed by atoms with Crippen molar-refractivity contribution >= 4 is 34.7 Å². The van der Waals surface area contributed by atoms with Crippen LogP contribution in [0.4, 0.5) is 0 Å². The fourth-order valence-corrected chi connectivity index (χ4v) is 4.60. The second kappa shape index (κ2) is 6.13. The van der Waals surface area contributed by atoms with Gasteiger partial charge >= 0.3 is 5.97 Å². The minimum Gasteiger partial charge on any atom is -0.478 e. The first-order chi connectivity index (χ1) is 10.1. The van der Waals surface area contributed by atoms with Crippen molar-refractivity contribution in [2.75, 3.05) is 6.54 Å². The molecule has 1 aliphatic heterocycles. The van der Waals surface area contributed by atoms with E-state index >= 15 is 0 Å². The molecule has 2 aromatic rings. The summed E-state index contributed by atoms with van der Waals surface area (Å²) >= 11 is 3.55. The van der Waals surface area contributed by atoms with E-state index in [0.29, 0.717) is 6.04 Å². The fourth-order valence-electron chi connectivity index (χ4n) is 2.75. The van der Waals surface area contributed by atoms with Crippen LogP contribution in [0.15, 0.2) is 29.0 Å². The van der Waals surface area contributed by atoms with Crippen molar-refractivity contribution in [2.24, 2.45) is 0 Å². The normalized spacial score (nSPS) is 19.0. The number of rotatable bonds is 4. The van der Waals surface area contributed by atoms with Crippen molar-refractivity contribution in [1.29, 1.82) is 0 Å². The van der Waals surface area contributed by atoms with E-state index in [0.717, 1.165) is 25.1 Å². The quantitative estimate of drug-likeness (QED) is 0.865. The van der Waals surface area contributed by atoms with E-state index in [4.69, 9.17) is 5.11 Å². The van der Waals surface area contributed by atoms with Crippen LogP contribution in [0, 0.1) is 0 Å². The minimum absolute atomic E-state index is 0.429. The van der Waals surface area contributed by atoms with Gasteiger partial charge in [-0.3, -0.25) is 4.90 Å². The largest absolute Gasteiger partial charge is 0.478 e. The number of aliphatic carboxylic acids is 1. The third-order valence-corrected chi connectivity index (χ3v) is 5.85. The first-order valence-corrected chi connectivity index (χ1v) is 8.69. The van der Waals surface area contributed by atoms with Crippen LogP contribution in [-0.2, 0) is 17.8 Å². The van der Waals surface area contributed by atoms with Gasteiger partial charge in [-0.1, -0.05) is 0 Å². The number of carbonyl (C=O) groups is 1. The average Bonchev–Trinajstić information content (AvgIpc) is 3.09. The molecule has 0 aliphatic carbocycles. The van der Waals surface area contributed by atoms with E-state index in [2.05, 4.69) is 23.3 Å². The van der Waals surface area contributed by atoms with E-state index in [1.165, 1.54) is 21.4 Å². The molecule has 0 aromatic carbocycles. The molecule has 110 valence electrons. The average molecular weight is 319 g/mol. The molecule has 1 aliphatic rings. The zero-order valence-electron chi connectivity index (χ0n) is 11.8. The lowest BCUT2D eigenvalue weighted by Crippen LogP contribution is -2.32. The molecule has 0 bridgehead atoms. The zero-order chi connectivity index (χ0) is 14.8. The number of hydrogen-bond donors (Lipinski definition) is 1. The van der Waals surface area contributed by atoms with Crippen molar-refractivity contribution in [3.05, 3.63) is 49.9 Å². The third kappa shape index (κ3) is 3.10. The summed E-state index contributed by atoms with van der Waals surface area (Å²) in [5.74, 6) is -0.901. The van der Waals surface area contributed by atoms with E-state index < -0.39 is 5.97 Å². The predicted octanol–water partition coefficient (Wildman–Crippen LogP) is 4.03. The molecule has 3 heterocycles. The molecule has 3 rings (SSSR count). The van der Waals surface area contributed by atoms with Crippen LogP contribution in [-0.4, -0.2) is 22.5 Å². The Kier molecular flexibility index (Phi) is 4.24. The Morgan fingerprint density at radius 1 is 1.43 bits per heavy atom. The number of thiophene rings is 2. The van der Waals surface area contributed by atoms with Crippen LogP contribution in [0.25, 0.3) is 6.08 Å². The van der Waals surface area contributed by atoms with Gasteiger partial charge in [0.05, 0.1) is 0 Å². The van der Waals surface area contributed by atoms with E-state index in [1.54, 1.807) is 17.4 Å². The Morgan fingerprint density at radius 3 is 3.05 bits per heavy atom. The van der Waals surface area contributed by atoms with Crippen LogP contribution < -0.4 is 0 Å². The van der Waals surface area contributed by atoms with Gasteiger partial charge in [-0.25, -0.2) is 4.79 Å². The van der Waals surface area contributed by atoms with Crippen molar-refractivity contribution in [3.63, 3.8) is 0 Å². The van der Waals surface area contributed by atoms with Crippen molar-refractivity contribution < 1.29 is 9.90 Å². The summed E-state index contributed by atoms with van der Waals surface area (Å²) in [5, 5.41) is 13.0. The molecule has 5 heteroatoms. The second-order valence-corrected chi connectivity index (χ2v) is 7.17. The highest BCUT2D eigenvalue weighted by Gasteiger charge is 2.25. The van der Waals surface area contributed by atoms with Crippen LogP contribution in [0.5, 0.6) is 0 Å². The van der Waals surface area contributed by atoms with Crippen molar-refractivity contribution in [3.8, 4) is 0 Å². The topological polar surface area (TPSA) is 40.5 Å². The number of hydrogen-bond acceptors (Lipinski definition) is 4. The van der Waals surface area contributed by atoms with Crippen LogP contribution >= 0.6 is 22.7 Å². The van der Waals surface area contributed by atoms with Crippen molar-refractivity contribution in [1.82, 2.24) is 4.90 Å². The summed E-state index contributed by atoms with van der Waals surface area (Å²) in [4.78, 5) is 15.9. The van der Waals surface area contributed by atoms with Gasteiger partial charge < -0.3 is 5.11 Å². The van der Waals surface area contributed by atoms with E-state index in [1.807, 2.05) is 22.8 Å². The maximum Gasteiger partial charge on any atom is 0.328 e. The summed E-state index contributed by atoms with van der Waals surface area (Å²) in [7, 11) is 0. The summed E-state index contributed by atoms with van der Waals surface area (Å²) in [6.45, 7) is 4.20. The number of nitrogens with zero attached hydrogens (tertiary/aromatic N) is 1. The highest BCUT2D eigenvalue weighted by atomic mass is 32.1. The number of carboxylic acid groups (broad SMARTS) is 1. The summed E-state index contributed by atoms with van der Waals surface area (Å²) in [6.07, 6.45) is 4.02. The predicted molar refractivity (Wildman–Crippen MR) is 87.8 cm³/mol. The third-order valence-electron chi connectivity index (χ3n) is 3.94. The van der Waals surface area contributed by atoms with Gasteiger partial charge in [0.15, 0.2) is 0 Å². The summed E-state index contributed by atoms with van der Waals surface area (Å²) in [5.41, 5.74) is 2.47. The first-order valence-electron chi connectivity index (χ1n) is 6.93. The molecule has 0 fully saturated rings. The maximum atomic E-state index is 10.7. The molecule has 0 amide bonds. The Bertz CT molecular complexity index is 671. The number of fused-ring (bicyclic) bond motifs is 1. The molecule has 2 aromatic heterocycles. The Labute approximate surface area is 132 Å². The molecule has 0 radical (unpaired) electrons. The second-order valence-electron chi connectivity index (χ2n) is 5.17. The molecule has 0 saturated heterocycles. The Morgan fingerprint density at radius 2 is 2.24 bits per heavy atom. The lowest BCUT2D eigenvalue weighted by Gasteiger charge is -2.33. The Balaban J connectivity index is 1.76. The van der Waals surface area contributed by atoms with Crippen LogP contribution in [0.3, 0.4) is 0 Å². The number of carboxylic acids is 1. The lowest BCUT2D eigenvalue weighted by molar-refractivity contribution is -0.131. The Hall–Kier alpha value is -1.43. The zero-order valence-corrected chi connectivity index (χ0v) is 13.4. The van der Waals surface area contributed by atoms with Gasteiger partial charge in [-0.2, -0.15) is 0 Å². The molecule has 0 spiro atoms.